The fourth-order valence-corrected chi connectivity index (χ4v) is 16.5. The lowest BCUT2D eigenvalue weighted by Crippen LogP contribution is -2.73. The minimum atomic E-state index is -4.91. The van der Waals surface area contributed by atoms with Crippen molar-refractivity contribution >= 4 is 20.8 Å². The summed E-state index contributed by atoms with van der Waals surface area (Å²) in [5.74, 6) is -0.0260. The summed E-state index contributed by atoms with van der Waals surface area (Å²) in [6.45, 7) is 22.9. The Bertz CT molecular complexity index is 2580. The first-order valence-electron chi connectivity index (χ1n) is 28.3. The highest BCUT2D eigenvalue weighted by molar-refractivity contribution is 7.81. The van der Waals surface area contributed by atoms with Crippen molar-refractivity contribution in [2.24, 2.45) is 5.92 Å². The van der Waals surface area contributed by atoms with Crippen molar-refractivity contribution < 1.29 is 102 Å². The van der Waals surface area contributed by atoms with E-state index < -0.39 is 128 Å². The molecule has 0 aromatic carbocycles. The van der Waals surface area contributed by atoms with E-state index in [1.165, 1.54) is 6.08 Å². The summed E-state index contributed by atoms with van der Waals surface area (Å²) in [5, 5.41) is 34.1. The van der Waals surface area contributed by atoms with E-state index >= 15 is 0 Å². The van der Waals surface area contributed by atoms with Crippen molar-refractivity contribution in [2.75, 3.05) is 6.61 Å². The Labute approximate surface area is 463 Å². The van der Waals surface area contributed by atoms with Crippen molar-refractivity contribution in [1.82, 2.24) is 0 Å². The Morgan fingerprint density at radius 3 is 1.99 bits per heavy atom. The second-order valence-corrected chi connectivity index (χ2v) is 27.8. The lowest BCUT2D eigenvalue weighted by atomic mass is 9.74. The number of hydrogen-bond donors (Lipinski definition) is 5. The minimum Gasteiger partial charge on any atom is -0.387 e. The molecule has 0 aromatic rings. The van der Waals surface area contributed by atoms with Crippen LogP contribution in [0, 0.1) is 5.92 Å². The van der Waals surface area contributed by atoms with Gasteiger partial charge in [-0.2, -0.15) is 16.8 Å². The van der Waals surface area contributed by atoms with Gasteiger partial charge < -0.3 is 67.4 Å². The normalized spacial score (nSPS) is 50.8. The van der Waals surface area contributed by atoms with Crippen molar-refractivity contribution in [3.8, 4) is 0 Å². The molecule has 0 radical (unpaired) electrons. The van der Waals surface area contributed by atoms with Gasteiger partial charge in [0, 0.05) is 44.9 Å². The third-order valence-corrected chi connectivity index (χ3v) is 20.6. The van der Waals surface area contributed by atoms with Crippen LogP contribution >= 0.6 is 0 Å². The van der Waals surface area contributed by atoms with Crippen LogP contribution in [0.5, 0.6) is 0 Å². The van der Waals surface area contributed by atoms with Crippen LogP contribution < -0.4 is 0 Å². The zero-order valence-electron chi connectivity index (χ0n) is 45.9. The van der Waals surface area contributed by atoms with Crippen molar-refractivity contribution in [1.29, 1.82) is 0 Å². The summed E-state index contributed by atoms with van der Waals surface area (Å²) in [5.41, 5.74) is -4.31. The first-order chi connectivity index (χ1) is 36.9. The summed E-state index contributed by atoms with van der Waals surface area (Å²) in [7, 11) is -9.60. The van der Waals surface area contributed by atoms with E-state index in [-0.39, 0.29) is 80.6 Å². The lowest BCUT2D eigenvalue weighted by molar-refractivity contribution is -0.361. The molecule has 24 heteroatoms. The Kier molecular flexibility index (Phi) is 15.9. The average Bonchev–Trinajstić information content (AvgIpc) is 3.71. The monoisotopic (exact) mass is 1160 g/mol. The van der Waals surface area contributed by atoms with Crippen LogP contribution in [0.15, 0.2) is 49.1 Å². The molecular weight excluding hydrogens is 1080 g/mol. The Balaban J connectivity index is 0.738. The van der Waals surface area contributed by atoms with Crippen LogP contribution in [0.1, 0.15) is 125 Å². The molecule has 11 fully saturated rings. The molecule has 0 amide bonds. The van der Waals surface area contributed by atoms with E-state index in [1.807, 2.05) is 6.92 Å². The summed E-state index contributed by atoms with van der Waals surface area (Å²) in [6, 6.07) is 0. The first kappa shape index (κ1) is 58.9. The number of aliphatic hydroxyl groups is 3. The SMILES string of the molecule is C=CC(O)C(=C)/C=C/[C@@](C)(O)[C@H]1O[C@@H]2C[C@@H]3O[C@@H]4C[C@@H]5O[C@@H]6C[C@@H]7O[C@@H]8C[C@@H]9O[C@@H]%10C[C@@H]%11O[C@](C)(CCCOS(=O)(=O)O)[C@@H](OS(=O)(=O)O)C[C@H]%11O[C@H]%10C[C@H]9O[C@H]8CC[C@@]7(C)O[C@@]6(C)C[C@H](C)[C@H]5O[C@H]4[C@@H](O)[C@@]3(C)O[C@H]2CC1=C. The van der Waals surface area contributed by atoms with Gasteiger partial charge >= 0.3 is 20.8 Å². The average molecular weight is 1160 g/mol. The van der Waals surface area contributed by atoms with E-state index in [1.54, 1.807) is 26.0 Å². The molecule has 0 saturated carbocycles. The number of ether oxygens (including phenoxy) is 11. The molecule has 27 atom stereocenters. The van der Waals surface area contributed by atoms with Crippen molar-refractivity contribution in [2.45, 2.75) is 281 Å². The van der Waals surface area contributed by atoms with E-state index in [0.29, 0.717) is 75.4 Å². The highest BCUT2D eigenvalue weighted by Gasteiger charge is 2.66. The van der Waals surface area contributed by atoms with E-state index in [2.05, 4.69) is 44.7 Å². The molecule has 1 unspecified atom stereocenters. The summed E-state index contributed by atoms with van der Waals surface area (Å²) in [6.07, 6.45) is -1.30. The standard InChI is InChI=1S/C55H82O22S2/c1-10-30(56)27(2)12-15-51(5,58)50-28(3)18-39-38(72-50)24-46-55(9,75-39)49(57)48-42(71-46)22-41-47(73-48)29(4)26-54(8)44(70-41)25-43-53(7,77-54)16-13-31-32(69-43)19-34-33(66-31)20-35-36(67-34)21-40-37(68-35)23-45(76-79(62,63)64)52(6,74-40)14-11-17-65-78(59,60)61/h10,12,15,29-50,56-58H,1-3,11,13-14,16-26H2,4-9H3,(H,59,60,61)(H,62,63,64)/b15-12+/t29-,30?,31-,32+,33+,34-,35-,36+,37+,38+,39-,40-,41-,42+,43-,44+,45-,46-,47+,48+,49+,50-,51+,52+,53+,54-,55-/m0/s1. The second-order valence-electron chi connectivity index (χ2n) is 25.6. The molecule has 11 aliphatic rings. The quantitative estimate of drug-likeness (QED) is 0.0798. The van der Waals surface area contributed by atoms with Crippen LogP contribution in [0.2, 0.25) is 0 Å². The van der Waals surface area contributed by atoms with Crippen LogP contribution in [0.25, 0.3) is 0 Å². The Morgan fingerprint density at radius 1 is 0.734 bits per heavy atom. The van der Waals surface area contributed by atoms with Crippen LogP contribution in [-0.4, -0.2) is 204 Å². The van der Waals surface area contributed by atoms with Gasteiger partial charge in [-0.1, -0.05) is 38.3 Å². The molecule has 11 saturated heterocycles. The molecule has 0 bridgehead atoms. The fraction of sp³-hybridized carbons (Fsp3) is 0.855. The highest BCUT2D eigenvalue weighted by Crippen LogP contribution is 2.55. The molecule has 446 valence electrons. The second kappa shape index (κ2) is 21.3. The third kappa shape index (κ3) is 11.5. The number of fused-ring (bicyclic) bond motifs is 10. The molecule has 79 heavy (non-hydrogen) atoms. The largest absolute Gasteiger partial charge is 0.397 e. The molecule has 22 nitrogen and oxygen atoms in total. The van der Waals surface area contributed by atoms with Crippen LogP contribution in [0.3, 0.4) is 0 Å². The summed E-state index contributed by atoms with van der Waals surface area (Å²) >= 11 is 0. The molecule has 0 aliphatic carbocycles. The Morgan fingerprint density at radius 2 is 1.32 bits per heavy atom. The smallest absolute Gasteiger partial charge is 0.387 e. The molecular formula is C55H82O22S2. The zero-order valence-corrected chi connectivity index (χ0v) is 47.6. The van der Waals surface area contributed by atoms with Gasteiger partial charge in [0.1, 0.15) is 35.6 Å². The van der Waals surface area contributed by atoms with Crippen LogP contribution in [-0.2, 0) is 81.3 Å². The number of hydrogen-bond acceptors (Lipinski definition) is 20. The van der Waals surface area contributed by atoms with Gasteiger partial charge in [0.25, 0.3) is 0 Å². The van der Waals surface area contributed by atoms with Gasteiger partial charge in [0.2, 0.25) is 0 Å². The van der Waals surface area contributed by atoms with Gasteiger partial charge in [-0.3, -0.25) is 9.11 Å². The van der Waals surface area contributed by atoms with E-state index in [0.717, 1.165) is 0 Å². The van der Waals surface area contributed by atoms with Gasteiger partial charge in [-0.25, -0.2) is 8.37 Å². The topological polar surface area (TPSA) is 289 Å². The predicted molar refractivity (Wildman–Crippen MR) is 277 cm³/mol. The maximum Gasteiger partial charge on any atom is 0.397 e. The minimum absolute atomic E-state index is 0.0260. The van der Waals surface area contributed by atoms with Gasteiger partial charge in [-0.15, -0.1) is 6.58 Å². The molecule has 11 rings (SSSR count). The number of rotatable bonds is 12. The Hall–Kier alpha value is -1.86. The lowest BCUT2D eigenvalue weighted by Gasteiger charge is -2.59. The molecule has 0 aromatic heterocycles. The summed E-state index contributed by atoms with van der Waals surface area (Å²) in [4.78, 5) is 0. The molecule has 5 N–H and O–H groups in total. The third-order valence-electron chi connectivity index (χ3n) is 19.7. The number of aliphatic hydroxyl groups excluding tert-OH is 2. The predicted octanol–water partition coefficient (Wildman–Crippen LogP) is 4.03. The van der Waals surface area contributed by atoms with Gasteiger partial charge in [0.05, 0.1) is 127 Å². The molecule has 11 heterocycles. The van der Waals surface area contributed by atoms with Crippen molar-refractivity contribution in [3.05, 3.63) is 49.1 Å². The first-order valence-corrected chi connectivity index (χ1v) is 31.0. The summed E-state index contributed by atoms with van der Waals surface area (Å²) < 4.78 is 150. The van der Waals surface area contributed by atoms with Gasteiger partial charge in [-0.05, 0) is 90.2 Å². The van der Waals surface area contributed by atoms with Crippen LogP contribution in [0.4, 0.5) is 0 Å². The van der Waals surface area contributed by atoms with Crippen molar-refractivity contribution in [3.63, 3.8) is 0 Å². The van der Waals surface area contributed by atoms with E-state index in [4.69, 9.17) is 60.8 Å². The maximum atomic E-state index is 12.3. The maximum absolute atomic E-state index is 12.3. The zero-order chi connectivity index (χ0) is 56.6. The van der Waals surface area contributed by atoms with Gasteiger partial charge in [0.15, 0.2) is 0 Å². The van der Waals surface area contributed by atoms with E-state index in [9.17, 15) is 36.7 Å². The fourth-order valence-electron chi connectivity index (χ4n) is 15.6. The highest BCUT2D eigenvalue weighted by atomic mass is 32.3. The molecule has 11 aliphatic heterocycles. The molecule has 0 spiro atoms.